The first kappa shape index (κ1) is 13.5. The van der Waals surface area contributed by atoms with Crippen molar-refractivity contribution in [3.63, 3.8) is 0 Å². The van der Waals surface area contributed by atoms with Crippen molar-refractivity contribution in [3.8, 4) is 11.9 Å². The first-order valence-corrected chi connectivity index (χ1v) is 5.65. The second kappa shape index (κ2) is 5.39. The van der Waals surface area contributed by atoms with E-state index in [-0.39, 0.29) is 24.5 Å². The van der Waals surface area contributed by atoms with Crippen LogP contribution in [0.3, 0.4) is 0 Å². The summed E-state index contributed by atoms with van der Waals surface area (Å²) in [6.45, 7) is 4.01. The molecule has 1 aliphatic rings. The number of aromatic hydroxyl groups is 2. The van der Waals surface area contributed by atoms with Gasteiger partial charge >= 0.3 is 6.01 Å². The molecule has 0 saturated heterocycles. The van der Waals surface area contributed by atoms with Gasteiger partial charge in [-0.2, -0.15) is 9.97 Å². The van der Waals surface area contributed by atoms with Crippen LogP contribution in [0, 0.1) is 5.41 Å². The number of nitrogens with zero attached hydrogens (tertiary/aromatic N) is 3. The van der Waals surface area contributed by atoms with Crippen molar-refractivity contribution < 1.29 is 19.7 Å². The van der Waals surface area contributed by atoms with E-state index in [9.17, 15) is 15.0 Å². The van der Waals surface area contributed by atoms with Gasteiger partial charge in [0.2, 0.25) is 5.88 Å². The number of amides is 1. The molecule has 8 nitrogen and oxygen atoms in total. The van der Waals surface area contributed by atoms with Crippen LogP contribution in [-0.2, 0) is 4.74 Å². The second-order valence-electron chi connectivity index (χ2n) is 3.81. The van der Waals surface area contributed by atoms with E-state index in [0.29, 0.717) is 5.76 Å². The lowest BCUT2D eigenvalue weighted by Gasteiger charge is -2.28. The standard InChI is InChI=1S/C12H12N4O4/c1-2-9-8(6-13)16(3-4-20-9)11(18)7-5-10(17)15-12(19)14-7/h2,5-6,13H,1,3-4H2,(H2,14,15,17,19). The molecule has 0 aromatic carbocycles. The summed E-state index contributed by atoms with van der Waals surface area (Å²) in [5.41, 5.74) is 0.0495. The van der Waals surface area contributed by atoms with Gasteiger partial charge in [0.1, 0.15) is 23.8 Å². The zero-order valence-electron chi connectivity index (χ0n) is 10.4. The van der Waals surface area contributed by atoms with Gasteiger partial charge in [-0.05, 0) is 6.08 Å². The van der Waals surface area contributed by atoms with Gasteiger partial charge in [-0.1, -0.05) is 6.58 Å². The Morgan fingerprint density at radius 1 is 1.50 bits per heavy atom. The fraction of sp³-hybridized carbons (Fsp3) is 0.167. The Hall–Kier alpha value is -2.90. The van der Waals surface area contributed by atoms with Crippen LogP contribution >= 0.6 is 0 Å². The Labute approximate surface area is 114 Å². The van der Waals surface area contributed by atoms with Gasteiger partial charge < -0.3 is 20.4 Å². The molecule has 1 amide bonds. The van der Waals surface area contributed by atoms with Gasteiger partial charge in [-0.15, -0.1) is 0 Å². The summed E-state index contributed by atoms with van der Waals surface area (Å²) in [7, 11) is 0. The molecule has 2 heterocycles. The van der Waals surface area contributed by atoms with Gasteiger partial charge in [-0.25, -0.2) is 0 Å². The van der Waals surface area contributed by atoms with Crippen LogP contribution in [0.4, 0.5) is 0 Å². The maximum Gasteiger partial charge on any atom is 0.317 e. The number of carbonyl (C=O) groups is 1. The molecule has 0 bridgehead atoms. The van der Waals surface area contributed by atoms with Crippen molar-refractivity contribution in [2.45, 2.75) is 0 Å². The summed E-state index contributed by atoms with van der Waals surface area (Å²) < 4.78 is 5.28. The average Bonchev–Trinajstić information content (AvgIpc) is 2.44. The van der Waals surface area contributed by atoms with E-state index >= 15 is 0 Å². The minimum absolute atomic E-state index is 0.181. The SMILES string of the molecule is C=CC1=C(C=N)N(C(=O)c2cc(O)nc(O)n2)CCO1. The molecule has 1 aliphatic heterocycles. The number of hydrogen-bond acceptors (Lipinski definition) is 7. The monoisotopic (exact) mass is 276 g/mol. The molecule has 3 N–H and O–H groups in total. The second-order valence-corrected chi connectivity index (χ2v) is 3.81. The van der Waals surface area contributed by atoms with Gasteiger partial charge in [0.05, 0.1) is 6.54 Å². The molecule has 0 saturated carbocycles. The van der Waals surface area contributed by atoms with E-state index in [0.717, 1.165) is 12.3 Å². The van der Waals surface area contributed by atoms with Crippen molar-refractivity contribution in [2.24, 2.45) is 0 Å². The maximum absolute atomic E-state index is 12.3. The molecule has 1 aromatic rings. The van der Waals surface area contributed by atoms with Crippen molar-refractivity contribution in [2.75, 3.05) is 13.2 Å². The number of nitrogens with one attached hydrogen (secondary N) is 1. The highest BCUT2D eigenvalue weighted by Crippen LogP contribution is 2.20. The summed E-state index contributed by atoms with van der Waals surface area (Å²) in [6, 6.07) is 0.332. The Kier molecular flexibility index (Phi) is 3.65. The fourth-order valence-electron chi connectivity index (χ4n) is 1.77. The largest absolute Gasteiger partial charge is 0.493 e. The molecule has 0 aliphatic carbocycles. The predicted octanol–water partition coefficient (Wildman–Crippen LogP) is 0.407. The molecular formula is C12H12N4O4. The van der Waals surface area contributed by atoms with E-state index in [2.05, 4.69) is 16.5 Å². The summed E-state index contributed by atoms with van der Waals surface area (Å²) in [5, 5.41) is 25.9. The number of rotatable bonds is 3. The van der Waals surface area contributed by atoms with E-state index in [1.165, 1.54) is 11.0 Å². The van der Waals surface area contributed by atoms with Gasteiger partial charge in [-0.3, -0.25) is 9.69 Å². The maximum atomic E-state index is 12.3. The molecule has 104 valence electrons. The topological polar surface area (TPSA) is 120 Å². The smallest absolute Gasteiger partial charge is 0.317 e. The highest BCUT2D eigenvalue weighted by molar-refractivity contribution is 5.97. The molecule has 0 radical (unpaired) electrons. The van der Waals surface area contributed by atoms with Gasteiger partial charge in [0.15, 0.2) is 0 Å². The highest BCUT2D eigenvalue weighted by atomic mass is 16.5. The van der Waals surface area contributed by atoms with Crippen molar-refractivity contribution in [1.82, 2.24) is 14.9 Å². The molecule has 8 heteroatoms. The summed E-state index contributed by atoms with van der Waals surface area (Å²) >= 11 is 0. The molecule has 2 rings (SSSR count). The van der Waals surface area contributed by atoms with E-state index in [4.69, 9.17) is 10.1 Å². The molecule has 0 fully saturated rings. The Balaban J connectivity index is 2.41. The first-order valence-electron chi connectivity index (χ1n) is 5.65. The fourth-order valence-corrected chi connectivity index (χ4v) is 1.77. The lowest BCUT2D eigenvalue weighted by Crippen LogP contribution is -2.38. The van der Waals surface area contributed by atoms with Crippen LogP contribution in [0.15, 0.2) is 30.2 Å². The van der Waals surface area contributed by atoms with Crippen LogP contribution in [0.5, 0.6) is 11.9 Å². The molecular weight excluding hydrogens is 264 g/mol. The quantitative estimate of drug-likeness (QED) is 0.688. The third kappa shape index (κ3) is 2.44. The third-order valence-electron chi connectivity index (χ3n) is 2.60. The number of allylic oxidation sites excluding steroid dienone is 2. The molecule has 0 spiro atoms. The lowest BCUT2D eigenvalue weighted by molar-refractivity contribution is 0.0707. The van der Waals surface area contributed by atoms with Crippen molar-refractivity contribution in [3.05, 3.63) is 35.9 Å². The Bertz CT molecular complexity index is 591. The molecule has 0 atom stereocenters. The predicted molar refractivity (Wildman–Crippen MR) is 68.4 cm³/mol. The summed E-state index contributed by atoms with van der Waals surface area (Å²) in [6.07, 6.45) is 2.36. The zero-order valence-corrected chi connectivity index (χ0v) is 10.4. The summed E-state index contributed by atoms with van der Waals surface area (Å²) in [4.78, 5) is 20.4. The molecule has 0 unspecified atom stereocenters. The first-order chi connectivity index (χ1) is 9.56. The Morgan fingerprint density at radius 2 is 2.25 bits per heavy atom. The van der Waals surface area contributed by atoms with Crippen molar-refractivity contribution >= 4 is 12.1 Å². The molecule has 1 aromatic heterocycles. The average molecular weight is 276 g/mol. The number of aromatic nitrogens is 2. The van der Waals surface area contributed by atoms with Crippen LogP contribution in [0.25, 0.3) is 0 Å². The molecule has 20 heavy (non-hydrogen) atoms. The summed E-state index contributed by atoms with van der Waals surface area (Å²) in [5.74, 6) is -0.792. The van der Waals surface area contributed by atoms with E-state index < -0.39 is 17.8 Å². The highest BCUT2D eigenvalue weighted by Gasteiger charge is 2.26. The van der Waals surface area contributed by atoms with Gasteiger partial charge in [0.25, 0.3) is 5.91 Å². The number of ether oxygens (including phenoxy) is 1. The number of carbonyl (C=O) groups excluding carboxylic acids is 1. The Morgan fingerprint density at radius 3 is 2.85 bits per heavy atom. The van der Waals surface area contributed by atoms with E-state index in [1.807, 2.05) is 0 Å². The zero-order chi connectivity index (χ0) is 14.7. The minimum Gasteiger partial charge on any atom is -0.493 e. The lowest BCUT2D eigenvalue weighted by atomic mass is 10.2. The minimum atomic E-state index is -0.703. The van der Waals surface area contributed by atoms with Crippen molar-refractivity contribution in [1.29, 1.82) is 5.41 Å². The van der Waals surface area contributed by atoms with E-state index in [1.54, 1.807) is 0 Å². The van der Waals surface area contributed by atoms with Gasteiger partial charge in [0, 0.05) is 12.3 Å². The number of hydrogen-bond donors (Lipinski definition) is 3. The van der Waals surface area contributed by atoms with Crippen LogP contribution < -0.4 is 0 Å². The van der Waals surface area contributed by atoms with Crippen LogP contribution in [-0.4, -0.2) is 50.4 Å². The normalized spacial score (nSPS) is 14.7. The van der Waals surface area contributed by atoms with Crippen LogP contribution in [0.2, 0.25) is 0 Å². The van der Waals surface area contributed by atoms with Crippen LogP contribution in [0.1, 0.15) is 10.5 Å². The third-order valence-corrected chi connectivity index (χ3v) is 2.60.